The van der Waals surface area contributed by atoms with Crippen LogP contribution < -0.4 is 11.5 Å². The average molecular weight is 323 g/mol. The summed E-state index contributed by atoms with van der Waals surface area (Å²) in [5.41, 5.74) is 11.9. The molecule has 0 aromatic heterocycles. The lowest BCUT2D eigenvalue weighted by atomic mass is 10.1. The van der Waals surface area contributed by atoms with Gasteiger partial charge >= 0.3 is 0 Å². The van der Waals surface area contributed by atoms with E-state index in [2.05, 4.69) is 26.7 Å². The lowest BCUT2D eigenvalue weighted by Crippen LogP contribution is -2.41. The lowest BCUT2D eigenvalue weighted by Gasteiger charge is -2.26. The lowest BCUT2D eigenvalue weighted by molar-refractivity contribution is 0.304. The molecule has 0 unspecified atom stereocenters. The highest BCUT2D eigenvalue weighted by Gasteiger charge is 2.25. The van der Waals surface area contributed by atoms with Crippen LogP contribution in [0.15, 0.2) is 9.98 Å². The second-order valence-corrected chi connectivity index (χ2v) is 6.68. The predicted molar refractivity (Wildman–Crippen MR) is 97.7 cm³/mol. The zero-order chi connectivity index (χ0) is 16.5. The molecule has 0 radical (unpaired) electrons. The van der Waals surface area contributed by atoms with Gasteiger partial charge < -0.3 is 21.3 Å². The van der Waals surface area contributed by atoms with Crippen molar-refractivity contribution in [2.45, 2.75) is 64.3 Å². The average Bonchev–Trinajstić information content (AvgIpc) is 3.10. The molecule has 6 nitrogen and oxygen atoms in total. The topological polar surface area (TPSA) is 83.2 Å². The fourth-order valence-electron chi connectivity index (χ4n) is 3.41. The number of rotatable bonds is 11. The summed E-state index contributed by atoms with van der Waals surface area (Å²) in [5, 5.41) is 0. The summed E-state index contributed by atoms with van der Waals surface area (Å²) >= 11 is 0. The van der Waals surface area contributed by atoms with Crippen LogP contribution in [0.5, 0.6) is 0 Å². The van der Waals surface area contributed by atoms with Crippen molar-refractivity contribution in [1.29, 1.82) is 0 Å². The second-order valence-electron chi connectivity index (χ2n) is 6.68. The first-order valence-corrected chi connectivity index (χ1v) is 9.33. The molecule has 6 heteroatoms. The van der Waals surface area contributed by atoms with Gasteiger partial charge in [0, 0.05) is 19.6 Å². The van der Waals surface area contributed by atoms with Gasteiger partial charge in [0.05, 0.1) is 19.1 Å². The Labute approximate surface area is 141 Å². The molecule has 0 amide bonds. The van der Waals surface area contributed by atoms with Crippen molar-refractivity contribution in [2.24, 2.45) is 21.5 Å². The monoisotopic (exact) mass is 322 g/mol. The molecule has 23 heavy (non-hydrogen) atoms. The minimum atomic E-state index is 0.505. The van der Waals surface area contributed by atoms with Gasteiger partial charge in [0.1, 0.15) is 0 Å². The first-order valence-electron chi connectivity index (χ1n) is 9.33. The number of guanidine groups is 2. The number of hydrogen-bond donors (Lipinski definition) is 2. The molecule has 0 aliphatic carbocycles. The van der Waals surface area contributed by atoms with Crippen molar-refractivity contribution < 1.29 is 0 Å². The third kappa shape index (κ3) is 5.59. The Bertz CT molecular complexity index is 406. The second kappa shape index (κ2) is 9.63. The van der Waals surface area contributed by atoms with E-state index >= 15 is 0 Å². The van der Waals surface area contributed by atoms with E-state index in [-0.39, 0.29) is 0 Å². The summed E-state index contributed by atoms with van der Waals surface area (Å²) in [6, 6.07) is 0.505. The maximum Gasteiger partial charge on any atom is 0.191 e. The smallest absolute Gasteiger partial charge is 0.191 e. The molecule has 2 aliphatic rings. The number of unbranched alkanes of at least 4 members (excludes halogenated alkanes) is 5. The molecule has 0 saturated carbocycles. The van der Waals surface area contributed by atoms with Gasteiger partial charge in [-0.05, 0) is 25.7 Å². The Balaban J connectivity index is 1.60. The van der Waals surface area contributed by atoms with Crippen molar-refractivity contribution in [3.8, 4) is 0 Å². The molecular formula is C17H34N6. The first kappa shape index (κ1) is 17.9. The van der Waals surface area contributed by atoms with Crippen LogP contribution in [0.25, 0.3) is 0 Å². The fourth-order valence-corrected chi connectivity index (χ4v) is 3.41. The van der Waals surface area contributed by atoms with Gasteiger partial charge in [-0.3, -0.25) is 9.98 Å². The van der Waals surface area contributed by atoms with E-state index in [9.17, 15) is 0 Å². The highest BCUT2D eigenvalue weighted by atomic mass is 15.3. The number of aliphatic imine (C=N–C) groups is 2. The highest BCUT2D eigenvalue weighted by Crippen LogP contribution is 2.17. The molecular weight excluding hydrogens is 288 g/mol. The van der Waals surface area contributed by atoms with Crippen LogP contribution in [0.3, 0.4) is 0 Å². The molecule has 1 atom stereocenters. The van der Waals surface area contributed by atoms with E-state index in [1.165, 1.54) is 44.9 Å². The molecule has 132 valence electrons. The van der Waals surface area contributed by atoms with E-state index in [1.807, 2.05) is 0 Å². The number of nitrogens with two attached hydrogens (primary N) is 2. The summed E-state index contributed by atoms with van der Waals surface area (Å²) in [6.07, 6.45) is 10.0. The van der Waals surface area contributed by atoms with Crippen LogP contribution in [-0.2, 0) is 0 Å². The van der Waals surface area contributed by atoms with Gasteiger partial charge in [0.25, 0.3) is 0 Å². The quantitative estimate of drug-likeness (QED) is 0.568. The zero-order valence-corrected chi connectivity index (χ0v) is 14.7. The number of hydrogen-bond acceptors (Lipinski definition) is 6. The van der Waals surface area contributed by atoms with Crippen LogP contribution in [0.4, 0.5) is 0 Å². The minimum Gasteiger partial charge on any atom is -0.370 e. The van der Waals surface area contributed by atoms with Crippen LogP contribution in [0, 0.1) is 0 Å². The van der Waals surface area contributed by atoms with Crippen molar-refractivity contribution in [3.05, 3.63) is 0 Å². The normalized spacial score (nSPS) is 21.0. The molecule has 2 rings (SSSR count). The van der Waals surface area contributed by atoms with Gasteiger partial charge in [-0.25, -0.2) is 0 Å². The Kier molecular flexibility index (Phi) is 7.49. The van der Waals surface area contributed by atoms with E-state index in [1.54, 1.807) is 0 Å². The van der Waals surface area contributed by atoms with Crippen LogP contribution >= 0.6 is 0 Å². The van der Waals surface area contributed by atoms with Gasteiger partial charge in [-0.2, -0.15) is 0 Å². The largest absolute Gasteiger partial charge is 0.370 e. The highest BCUT2D eigenvalue weighted by molar-refractivity contribution is 5.80. The summed E-state index contributed by atoms with van der Waals surface area (Å²) in [5.74, 6) is 1.47. The van der Waals surface area contributed by atoms with Gasteiger partial charge in [-0.1, -0.05) is 32.6 Å². The molecule has 0 aromatic rings. The maximum absolute atomic E-state index is 6.07. The van der Waals surface area contributed by atoms with Crippen LogP contribution in [0.1, 0.15) is 58.3 Å². The molecule has 0 aromatic carbocycles. The van der Waals surface area contributed by atoms with Crippen molar-refractivity contribution in [1.82, 2.24) is 9.80 Å². The third-order valence-corrected chi connectivity index (χ3v) is 4.88. The molecule has 0 saturated heterocycles. The Morgan fingerprint density at radius 2 is 1.74 bits per heavy atom. The molecule has 2 heterocycles. The molecule has 0 spiro atoms. The Morgan fingerprint density at radius 3 is 2.48 bits per heavy atom. The standard InChI is InChI=1S/C17H34N6/c1-2-3-4-5-7-12-23-15(14-21-17(23)19)9-6-8-11-22-13-10-20-16(22)18/h15H,2-14H2,1H3,(H2,18,20)(H2,19,21)/t15-/m0/s1. The van der Waals surface area contributed by atoms with Crippen molar-refractivity contribution in [2.75, 3.05) is 32.7 Å². The van der Waals surface area contributed by atoms with E-state index in [0.29, 0.717) is 12.0 Å². The molecule has 0 bridgehead atoms. The molecule has 2 aliphatic heterocycles. The Hall–Kier alpha value is -1.46. The van der Waals surface area contributed by atoms with Gasteiger partial charge in [0.2, 0.25) is 0 Å². The van der Waals surface area contributed by atoms with Crippen LogP contribution in [-0.4, -0.2) is 60.5 Å². The maximum atomic E-state index is 6.07. The van der Waals surface area contributed by atoms with Crippen molar-refractivity contribution in [3.63, 3.8) is 0 Å². The van der Waals surface area contributed by atoms with E-state index in [4.69, 9.17) is 11.5 Å². The molecule has 4 N–H and O–H groups in total. The van der Waals surface area contributed by atoms with Gasteiger partial charge in [0.15, 0.2) is 11.9 Å². The Morgan fingerprint density at radius 1 is 0.957 bits per heavy atom. The predicted octanol–water partition coefficient (Wildman–Crippen LogP) is 1.76. The zero-order valence-electron chi connectivity index (χ0n) is 14.7. The summed E-state index contributed by atoms with van der Waals surface area (Å²) in [7, 11) is 0. The number of nitrogens with zero attached hydrogens (tertiary/aromatic N) is 4. The van der Waals surface area contributed by atoms with E-state index < -0.39 is 0 Å². The summed E-state index contributed by atoms with van der Waals surface area (Å²) < 4.78 is 0. The van der Waals surface area contributed by atoms with E-state index in [0.717, 1.165) is 45.1 Å². The SMILES string of the molecule is CCCCCCCN1C(N)=NC[C@@H]1CCCCN1CCN=C1N. The van der Waals surface area contributed by atoms with Crippen molar-refractivity contribution >= 4 is 11.9 Å². The fraction of sp³-hybridized carbons (Fsp3) is 0.882. The third-order valence-electron chi connectivity index (χ3n) is 4.88. The van der Waals surface area contributed by atoms with Crippen LogP contribution in [0.2, 0.25) is 0 Å². The van der Waals surface area contributed by atoms with Gasteiger partial charge in [-0.15, -0.1) is 0 Å². The summed E-state index contributed by atoms with van der Waals surface area (Å²) in [4.78, 5) is 13.2. The first-order chi connectivity index (χ1) is 11.2. The minimum absolute atomic E-state index is 0.505. The molecule has 0 fully saturated rings. The summed E-state index contributed by atoms with van der Waals surface area (Å²) in [6.45, 7) is 7.04.